The molecule has 0 aromatic carbocycles. The van der Waals surface area contributed by atoms with Crippen LogP contribution in [0.1, 0.15) is 37.7 Å². The van der Waals surface area contributed by atoms with E-state index in [0.29, 0.717) is 17.3 Å². The first-order valence-corrected chi connectivity index (χ1v) is 6.39. The molecule has 2 rings (SSSR count). The van der Waals surface area contributed by atoms with Crippen molar-refractivity contribution in [2.24, 2.45) is 11.3 Å². The van der Waals surface area contributed by atoms with E-state index in [1.165, 1.54) is 6.20 Å². The molecule has 1 saturated heterocycles. The quantitative estimate of drug-likeness (QED) is 0.827. The number of pyridine rings is 1. The van der Waals surface area contributed by atoms with Crippen molar-refractivity contribution in [2.45, 2.75) is 27.2 Å². The molecular weight excluding hydrogens is 226 g/mol. The van der Waals surface area contributed by atoms with Crippen molar-refractivity contribution in [1.29, 1.82) is 0 Å². The van der Waals surface area contributed by atoms with Crippen molar-refractivity contribution in [3.63, 3.8) is 0 Å². The second-order valence-electron chi connectivity index (χ2n) is 6.08. The minimum absolute atomic E-state index is 0.0155. The number of amides is 1. The fourth-order valence-electron chi connectivity index (χ4n) is 2.35. The monoisotopic (exact) mass is 247 g/mol. The van der Waals surface area contributed by atoms with Gasteiger partial charge in [0.2, 0.25) is 0 Å². The predicted octanol–water partition coefficient (Wildman–Crippen LogP) is 2.17. The molecule has 18 heavy (non-hydrogen) atoms. The number of carbonyl (C=O) groups excluding carboxylic acids is 1. The van der Waals surface area contributed by atoms with Crippen LogP contribution in [0.2, 0.25) is 0 Å². The lowest BCUT2D eigenvalue weighted by Gasteiger charge is -2.26. The van der Waals surface area contributed by atoms with Crippen molar-refractivity contribution in [3.05, 3.63) is 24.0 Å². The normalized spacial score (nSPS) is 20.2. The van der Waals surface area contributed by atoms with Gasteiger partial charge < -0.3 is 10.6 Å². The van der Waals surface area contributed by atoms with Gasteiger partial charge in [-0.1, -0.05) is 20.8 Å². The standard InChI is InChI=1S/C14H21N3O/c1-14(2,3)10-6-7-17(9-10)13(18)12-5-4-11(15)8-16-12/h4-5,8,10H,6-7,9,15H2,1-3H3. The van der Waals surface area contributed by atoms with Crippen molar-refractivity contribution in [3.8, 4) is 0 Å². The van der Waals surface area contributed by atoms with E-state index in [2.05, 4.69) is 25.8 Å². The van der Waals surface area contributed by atoms with Crippen LogP contribution < -0.4 is 5.73 Å². The number of nitrogen functional groups attached to an aromatic ring is 1. The summed E-state index contributed by atoms with van der Waals surface area (Å²) in [5, 5.41) is 0. The van der Waals surface area contributed by atoms with Crippen molar-refractivity contribution in [2.75, 3.05) is 18.8 Å². The molecule has 1 aromatic rings. The zero-order valence-corrected chi connectivity index (χ0v) is 11.3. The average molecular weight is 247 g/mol. The Labute approximate surface area is 108 Å². The number of rotatable bonds is 1. The zero-order valence-electron chi connectivity index (χ0n) is 11.3. The average Bonchev–Trinajstić information content (AvgIpc) is 2.78. The Bertz CT molecular complexity index is 433. The Hall–Kier alpha value is -1.58. The van der Waals surface area contributed by atoms with Gasteiger partial charge >= 0.3 is 0 Å². The molecular formula is C14H21N3O. The fourth-order valence-corrected chi connectivity index (χ4v) is 2.35. The molecule has 2 N–H and O–H groups in total. The van der Waals surface area contributed by atoms with E-state index in [9.17, 15) is 4.79 Å². The molecule has 98 valence electrons. The topological polar surface area (TPSA) is 59.2 Å². The third-order valence-electron chi connectivity index (χ3n) is 3.71. The molecule has 0 saturated carbocycles. The highest BCUT2D eigenvalue weighted by molar-refractivity contribution is 5.92. The highest BCUT2D eigenvalue weighted by Gasteiger charge is 2.34. The number of hydrogen-bond donors (Lipinski definition) is 1. The van der Waals surface area contributed by atoms with Crippen molar-refractivity contribution >= 4 is 11.6 Å². The highest BCUT2D eigenvalue weighted by Crippen LogP contribution is 2.33. The zero-order chi connectivity index (χ0) is 13.3. The number of carbonyl (C=O) groups is 1. The van der Waals surface area contributed by atoms with Crippen LogP contribution in [0.3, 0.4) is 0 Å². The Morgan fingerprint density at radius 2 is 2.17 bits per heavy atom. The van der Waals surface area contributed by atoms with Crippen LogP contribution in [0.25, 0.3) is 0 Å². The minimum atomic E-state index is 0.0155. The Morgan fingerprint density at radius 3 is 2.67 bits per heavy atom. The number of nitrogens with two attached hydrogens (primary N) is 1. The lowest BCUT2D eigenvalue weighted by atomic mass is 9.80. The SMILES string of the molecule is CC(C)(C)C1CCN(C(=O)c2ccc(N)cn2)C1. The van der Waals surface area contributed by atoms with E-state index >= 15 is 0 Å². The molecule has 1 aliphatic heterocycles. The van der Waals surface area contributed by atoms with Gasteiger partial charge in [0, 0.05) is 13.1 Å². The minimum Gasteiger partial charge on any atom is -0.397 e. The smallest absolute Gasteiger partial charge is 0.272 e. The number of anilines is 1. The Morgan fingerprint density at radius 1 is 1.44 bits per heavy atom. The van der Waals surface area contributed by atoms with Crippen LogP contribution in [0, 0.1) is 11.3 Å². The number of likely N-dealkylation sites (tertiary alicyclic amines) is 1. The van der Waals surface area contributed by atoms with Crippen LogP contribution in [-0.4, -0.2) is 28.9 Å². The van der Waals surface area contributed by atoms with E-state index in [0.717, 1.165) is 19.5 Å². The molecule has 1 fully saturated rings. The molecule has 0 bridgehead atoms. The molecule has 2 heterocycles. The molecule has 1 unspecified atom stereocenters. The van der Waals surface area contributed by atoms with Gasteiger partial charge in [-0.2, -0.15) is 0 Å². The van der Waals surface area contributed by atoms with Gasteiger partial charge in [0.05, 0.1) is 11.9 Å². The largest absolute Gasteiger partial charge is 0.397 e. The molecule has 0 spiro atoms. The van der Waals surface area contributed by atoms with Crippen LogP contribution in [0.5, 0.6) is 0 Å². The summed E-state index contributed by atoms with van der Waals surface area (Å²) >= 11 is 0. The Kier molecular flexibility index (Phi) is 3.28. The van der Waals surface area contributed by atoms with Gasteiger partial charge in [-0.25, -0.2) is 4.98 Å². The molecule has 4 nitrogen and oxygen atoms in total. The maximum Gasteiger partial charge on any atom is 0.272 e. The lowest BCUT2D eigenvalue weighted by Crippen LogP contribution is -2.31. The molecule has 1 atom stereocenters. The van der Waals surface area contributed by atoms with Crippen LogP contribution >= 0.6 is 0 Å². The maximum atomic E-state index is 12.3. The number of nitrogens with zero attached hydrogens (tertiary/aromatic N) is 2. The summed E-state index contributed by atoms with van der Waals surface area (Å²) < 4.78 is 0. The van der Waals surface area contributed by atoms with Gasteiger partial charge in [-0.05, 0) is 29.9 Å². The van der Waals surface area contributed by atoms with Gasteiger partial charge in [0.15, 0.2) is 0 Å². The van der Waals surface area contributed by atoms with Gasteiger partial charge in [0.25, 0.3) is 5.91 Å². The first kappa shape index (κ1) is 12.9. The van der Waals surface area contributed by atoms with E-state index in [4.69, 9.17) is 5.73 Å². The number of hydrogen-bond acceptors (Lipinski definition) is 3. The van der Waals surface area contributed by atoms with Gasteiger partial charge in [-0.15, -0.1) is 0 Å². The molecule has 0 aliphatic carbocycles. The molecule has 4 heteroatoms. The second-order valence-corrected chi connectivity index (χ2v) is 6.08. The summed E-state index contributed by atoms with van der Waals surface area (Å²) in [6.07, 6.45) is 2.61. The summed E-state index contributed by atoms with van der Waals surface area (Å²) in [4.78, 5) is 18.2. The summed E-state index contributed by atoms with van der Waals surface area (Å²) in [6.45, 7) is 8.34. The van der Waals surface area contributed by atoms with E-state index in [-0.39, 0.29) is 11.3 Å². The van der Waals surface area contributed by atoms with Gasteiger partial charge in [-0.3, -0.25) is 4.79 Å². The molecule has 0 radical (unpaired) electrons. The predicted molar refractivity (Wildman–Crippen MR) is 72.1 cm³/mol. The van der Waals surface area contributed by atoms with Crippen LogP contribution in [0.4, 0.5) is 5.69 Å². The van der Waals surface area contributed by atoms with Crippen molar-refractivity contribution in [1.82, 2.24) is 9.88 Å². The molecule has 1 aromatic heterocycles. The third kappa shape index (κ3) is 2.63. The molecule has 1 aliphatic rings. The van der Waals surface area contributed by atoms with Crippen LogP contribution in [-0.2, 0) is 0 Å². The van der Waals surface area contributed by atoms with Crippen LogP contribution in [0.15, 0.2) is 18.3 Å². The summed E-state index contributed by atoms with van der Waals surface area (Å²) in [5.41, 5.74) is 6.89. The van der Waals surface area contributed by atoms with Gasteiger partial charge in [0.1, 0.15) is 5.69 Å². The lowest BCUT2D eigenvalue weighted by molar-refractivity contribution is 0.0771. The second kappa shape index (κ2) is 4.59. The van der Waals surface area contributed by atoms with E-state index < -0.39 is 0 Å². The first-order chi connectivity index (χ1) is 8.38. The summed E-state index contributed by atoms with van der Waals surface area (Å²) in [7, 11) is 0. The maximum absolute atomic E-state index is 12.3. The van der Waals surface area contributed by atoms with E-state index in [1.807, 2.05) is 4.90 Å². The third-order valence-corrected chi connectivity index (χ3v) is 3.71. The van der Waals surface area contributed by atoms with Crippen molar-refractivity contribution < 1.29 is 4.79 Å². The Balaban J connectivity index is 2.06. The highest BCUT2D eigenvalue weighted by atomic mass is 16.2. The van der Waals surface area contributed by atoms with E-state index in [1.54, 1.807) is 12.1 Å². The number of aromatic nitrogens is 1. The fraction of sp³-hybridized carbons (Fsp3) is 0.571. The summed E-state index contributed by atoms with van der Waals surface area (Å²) in [5.74, 6) is 0.581. The first-order valence-electron chi connectivity index (χ1n) is 6.39. The summed E-state index contributed by atoms with van der Waals surface area (Å²) in [6, 6.07) is 3.42. The molecule has 1 amide bonds.